The van der Waals surface area contributed by atoms with E-state index in [9.17, 15) is 0 Å². The minimum Gasteiger partial charge on any atom is -0.248 e. The molecule has 0 saturated carbocycles. The molecule has 0 N–H and O–H groups in total. The molecule has 0 amide bonds. The van der Waals surface area contributed by atoms with Gasteiger partial charge < -0.3 is 0 Å². The van der Waals surface area contributed by atoms with Crippen LogP contribution in [0.5, 0.6) is 0 Å². The van der Waals surface area contributed by atoms with Crippen molar-refractivity contribution in [2.75, 3.05) is 0 Å². The molecular formula is C47H37N. The first-order valence-corrected chi connectivity index (χ1v) is 17.1. The summed E-state index contributed by atoms with van der Waals surface area (Å²) < 4.78 is 0. The predicted molar refractivity (Wildman–Crippen MR) is 205 cm³/mol. The molecule has 0 bridgehead atoms. The number of rotatable bonds is 4. The van der Waals surface area contributed by atoms with Crippen molar-refractivity contribution >= 4 is 32.4 Å². The first kappa shape index (κ1) is 28.7. The van der Waals surface area contributed by atoms with Gasteiger partial charge in [0.2, 0.25) is 0 Å². The summed E-state index contributed by atoms with van der Waals surface area (Å²) in [6, 6.07) is 53.8. The third-order valence-electron chi connectivity index (χ3n) is 10.6. The van der Waals surface area contributed by atoms with Crippen molar-refractivity contribution in [2.45, 2.75) is 39.0 Å². The Bertz CT molecular complexity index is 2550. The number of nitrogens with zero attached hydrogens (tertiary/aromatic N) is 1. The smallest absolute Gasteiger partial charge is 0.0709 e. The van der Waals surface area contributed by atoms with Crippen molar-refractivity contribution in [3.05, 3.63) is 162 Å². The van der Waals surface area contributed by atoms with Crippen LogP contribution in [0.2, 0.25) is 0 Å². The van der Waals surface area contributed by atoms with Gasteiger partial charge in [-0.1, -0.05) is 143 Å². The molecule has 230 valence electrons. The molecule has 7 aromatic carbocycles. The Labute approximate surface area is 282 Å². The van der Waals surface area contributed by atoms with Crippen LogP contribution in [0.4, 0.5) is 0 Å². The first-order chi connectivity index (χ1) is 23.3. The van der Waals surface area contributed by atoms with Crippen molar-refractivity contribution in [2.24, 2.45) is 0 Å². The molecule has 9 rings (SSSR count). The van der Waals surface area contributed by atoms with Gasteiger partial charge in [-0.25, -0.2) is 4.98 Å². The lowest BCUT2D eigenvalue weighted by Gasteiger charge is -2.22. The number of benzene rings is 7. The van der Waals surface area contributed by atoms with E-state index in [1.807, 2.05) is 6.07 Å². The average Bonchev–Trinajstić information content (AvgIpc) is 3.35. The van der Waals surface area contributed by atoms with Crippen LogP contribution in [0.1, 0.15) is 50.3 Å². The highest BCUT2D eigenvalue weighted by Gasteiger charge is 2.35. The van der Waals surface area contributed by atoms with E-state index in [-0.39, 0.29) is 5.41 Å². The fraction of sp³-hybridized carbons (Fsp3) is 0.128. The second-order valence-corrected chi connectivity index (χ2v) is 14.2. The monoisotopic (exact) mass is 615 g/mol. The summed E-state index contributed by atoms with van der Waals surface area (Å²) >= 11 is 0. The molecule has 1 aromatic heterocycles. The van der Waals surface area contributed by atoms with E-state index in [4.69, 9.17) is 4.98 Å². The average molecular weight is 616 g/mol. The topological polar surface area (TPSA) is 12.9 Å². The maximum Gasteiger partial charge on any atom is 0.0709 e. The number of para-hydroxylation sites is 1. The van der Waals surface area contributed by atoms with Gasteiger partial charge in [-0.15, -0.1) is 0 Å². The summed E-state index contributed by atoms with van der Waals surface area (Å²) in [7, 11) is 0. The van der Waals surface area contributed by atoms with Gasteiger partial charge in [0.15, 0.2) is 0 Å². The Hall–Kier alpha value is -5.53. The van der Waals surface area contributed by atoms with Crippen molar-refractivity contribution < 1.29 is 0 Å². The second kappa shape index (κ2) is 10.8. The molecule has 0 aliphatic heterocycles. The molecule has 1 aliphatic rings. The summed E-state index contributed by atoms with van der Waals surface area (Å²) in [5.74, 6) is 0.384. The van der Waals surface area contributed by atoms with Crippen LogP contribution in [-0.2, 0) is 5.41 Å². The molecule has 1 heteroatoms. The Balaban J connectivity index is 1.10. The highest BCUT2D eigenvalue weighted by atomic mass is 14.7. The maximum atomic E-state index is 4.91. The summed E-state index contributed by atoms with van der Waals surface area (Å²) in [4.78, 5) is 4.91. The van der Waals surface area contributed by atoms with E-state index >= 15 is 0 Å². The Morgan fingerprint density at radius 3 is 1.96 bits per heavy atom. The van der Waals surface area contributed by atoms with Crippen LogP contribution < -0.4 is 0 Å². The molecule has 0 unspecified atom stereocenters. The van der Waals surface area contributed by atoms with Crippen LogP contribution in [0.25, 0.3) is 77.1 Å². The van der Waals surface area contributed by atoms with E-state index in [0.717, 1.165) is 22.2 Å². The minimum absolute atomic E-state index is 0.0217. The molecule has 1 heterocycles. The van der Waals surface area contributed by atoms with Crippen LogP contribution >= 0.6 is 0 Å². The van der Waals surface area contributed by atoms with Gasteiger partial charge >= 0.3 is 0 Å². The zero-order chi connectivity index (χ0) is 32.6. The van der Waals surface area contributed by atoms with Crippen molar-refractivity contribution in [3.63, 3.8) is 0 Å². The highest BCUT2D eigenvalue weighted by molar-refractivity contribution is 6.11. The summed E-state index contributed by atoms with van der Waals surface area (Å²) in [6.07, 6.45) is 0. The standard InChI is InChI=1S/C47H37N/c1-29(2)39-25-35(21-23-37(39)30-13-17-33(18-14-30)46-24-22-32-9-5-8-12-45(32)48-46)34-19-15-31-16-20-36-27-42-38-10-6-7-11-43(38)47(3,4)44(42)28-41(36)40(31)26-34/h5-29H,1-4H3. The molecule has 0 radical (unpaired) electrons. The quantitative estimate of drug-likeness (QED) is 0.180. The molecule has 1 nitrogen and oxygen atoms in total. The number of pyridine rings is 1. The van der Waals surface area contributed by atoms with E-state index in [2.05, 4.69) is 167 Å². The normalized spacial score (nSPS) is 13.4. The third kappa shape index (κ3) is 4.49. The highest BCUT2D eigenvalue weighted by Crippen LogP contribution is 2.50. The zero-order valence-electron chi connectivity index (χ0n) is 27.9. The van der Waals surface area contributed by atoms with Crippen LogP contribution in [0, 0.1) is 0 Å². The van der Waals surface area contributed by atoms with Gasteiger partial charge in [0.25, 0.3) is 0 Å². The molecule has 0 spiro atoms. The lowest BCUT2D eigenvalue weighted by Crippen LogP contribution is -2.14. The lowest BCUT2D eigenvalue weighted by molar-refractivity contribution is 0.661. The van der Waals surface area contributed by atoms with Crippen LogP contribution in [0.15, 0.2) is 146 Å². The van der Waals surface area contributed by atoms with Crippen LogP contribution in [-0.4, -0.2) is 4.98 Å². The second-order valence-electron chi connectivity index (χ2n) is 14.2. The molecular weight excluding hydrogens is 579 g/mol. The third-order valence-corrected chi connectivity index (χ3v) is 10.6. The molecule has 0 atom stereocenters. The molecule has 1 aliphatic carbocycles. The number of fused-ring (bicyclic) bond motifs is 7. The largest absolute Gasteiger partial charge is 0.248 e. The number of hydrogen-bond acceptors (Lipinski definition) is 1. The van der Waals surface area contributed by atoms with E-state index in [1.165, 1.54) is 71.6 Å². The molecule has 8 aromatic rings. The first-order valence-electron chi connectivity index (χ1n) is 17.1. The summed E-state index contributed by atoms with van der Waals surface area (Å²) in [5.41, 5.74) is 15.1. The Kier molecular flexibility index (Phi) is 6.42. The minimum atomic E-state index is -0.0217. The van der Waals surface area contributed by atoms with E-state index < -0.39 is 0 Å². The van der Waals surface area contributed by atoms with Gasteiger partial charge in [0.1, 0.15) is 0 Å². The number of hydrogen-bond donors (Lipinski definition) is 0. The van der Waals surface area contributed by atoms with E-state index in [1.54, 1.807) is 0 Å². The molecule has 0 fully saturated rings. The van der Waals surface area contributed by atoms with Gasteiger partial charge in [-0.3, -0.25) is 0 Å². The van der Waals surface area contributed by atoms with Gasteiger partial charge in [0.05, 0.1) is 11.2 Å². The van der Waals surface area contributed by atoms with Crippen LogP contribution in [0.3, 0.4) is 0 Å². The predicted octanol–water partition coefficient (Wildman–Crippen LogP) is 13.0. The Morgan fingerprint density at radius 1 is 0.458 bits per heavy atom. The summed E-state index contributed by atoms with van der Waals surface area (Å²) in [5, 5.41) is 6.38. The molecule has 0 saturated heterocycles. The fourth-order valence-corrected chi connectivity index (χ4v) is 7.96. The van der Waals surface area contributed by atoms with Gasteiger partial charge in [-0.2, -0.15) is 0 Å². The van der Waals surface area contributed by atoms with Crippen molar-refractivity contribution in [3.8, 4) is 44.6 Å². The zero-order valence-corrected chi connectivity index (χ0v) is 27.9. The fourth-order valence-electron chi connectivity index (χ4n) is 7.96. The SMILES string of the molecule is CC(C)c1cc(-c2ccc3ccc4cc5c(cc4c3c2)C(C)(C)c2ccccc2-5)ccc1-c1ccc(-c2ccc3ccccc3n2)cc1. The lowest BCUT2D eigenvalue weighted by atomic mass is 9.81. The maximum absolute atomic E-state index is 4.91. The van der Waals surface area contributed by atoms with Gasteiger partial charge in [0, 0.05) is 16.4 Å². The van der Waals surface area contributed by atoms with Crippen molar-refractivity contribution in [1.29, 1.82) is 0 Å². The van der Waals surface area contributed by atoms with Crippen molar-refractivity contribution in [1.82, 2.24) is 4.98 Å². The molecule has 48 heavy (non-hydrogen) atoms. The number of aromatic nitrogens is 1. The van der Waals surface area contributed by atoms with Gasteiger partial charge in [-0.05, 0) is 108 Å². The van der Waals surface area contributed by atoms with E-state index in [0.29, 0.717) is 5.92 Å². The Morgan fingerprint density at radius 2 is 1.10 bits per heavy atom. The summed E-state index contributed by atoms with van der Waals surface area (Å²) in [6.45, 7) is 9.32.